The lowest BCUT2D eigenvalue weighted by Crippen LogP contribution is -2.37. The molecular weight excluding hydrogens is 384 g/mol. The highest BCUT2D eigenvalue weighted by Gasteiger charge is 2.23. The molecule has 31 heavy (non-hydrogen) atoms. The number of hydrogen-bond donors (Lipinski definition) is 0. The van der Waals surface area contributed by atoms with Crippen LogP contribution in [0.4, 0.5) is 0 Å². The van der Waals surface area contributed by atoms with Crippen LogP contribution in [0.3, 0.4) is 0 Å². The first-order valence-corrected chi connectivity index (χ1v) is 11.9. The first kappa shape index (κ1) is 21.6. The fraction of sp³-hybridized carbons (Fsp3) is 0.481. The number of rotatable bonds is 5. The Kier molecular flexibility index (Phi) is 7.39. The van der Waals surface area contributed by atoms with Gasteiger partial charge in [0, 0.05) is 38.2 Å². The third kappa shape index (κ3) is 5.75. The first-order chi connectivity index (χ1) is 15.2. The molecule has 2 aromatic rings. The molecule has 0 radical (unpaired) electrons. The van der Waals surface area contributed by atoms with Crippen LogP contribution < -0.4 is 0 Å². The molecule has 4 nitrogen and oxygen atoms in total. The highest BCUT2D eigenvalue weighted by molar-refractivity contribution is 5.94. The van der Waals surface area contributed by atoms with Gasteiger partial charge < -0.3 is 9.80 Å². The molecule has 4 rings (SSSR count). The number of hydrogen-bond acceptors (Lipinski definition) is 2. The summed E-state index contributed by atoms with van der Waals surface area (Å²) >= 11 is 0. The zero-order valence-corrected chi connectivity index (χ0v) is 18.5. The van der Waals surface area contributed by atoms with Crippen molar-refractivity contribution < 1.29 is 9.59 Å². The number of carbonyl (C=O) groups is 2. The standard InChI is InChI=1S/C27H34N2O2/c30-26(17-12-22-8-3-1-4-9-22)28-18-7-19-29(21-20-28)27(31)25-15-13-24(14-16-25)23-10-5-2-6-11-23/h2,5-6,10-11,13-16,22H,1,3-4,7-9,12,17-21H2. The van der Waals surface area contributed by atoms with E-state index < -0.39 is 0 Å². The zero-order chi connectivity index (χ0) is 21.5. The first-order valence-electron chi connectivity index (χ1n) is 11.9. The number of amides is 2. The van der Waals surface area contributed by atoms with Gasteiger partial charge in [0.2, 0.25) is 5.91 Å². The molecule has 1 aliphatic heterocycles. The predicted molar refractivity (Wildman–Crippen MR) is 125 cm³/mol. The van der Waals surface area contributed by atoms with Gasteiger partial charge in [-0.15, -0.1) is 0 Å². The van der Waals surface area contributed by atoms with Crippen LogP contribution in [-0.2, 0) is 4.79 Å². The molecule has 0 unspecified atom stereocenters. The van der Waals surface area contributed by atoms with Crippen molar-refractivity contribution in [1.29, 1.82) is 0 Å². The minimum atomic E-state index is 0.0658. The fourth-order valence-electron chi connectivity index (χ4n) is 4.95. The van der Waals surface area contributed by atoms with E-state index in [1.165, 1.54) is 32.1 Å². The van der Waals surface area contributed by atoms with Crippen LogP contribution in [0.5, 0.6) is 0 Å². The van der Waals surface area contributed by atoms with Crippen molar-refractivity contribution in [1.82, 2.24) is 9.80 Å². The summed E-state index contributed by atoms with van der Waals surface area (Å²) in [6.45, 7) is 2.75. The smallest absolute Gasteiger partial charge is 0.253 e. The van der Waals surface area contributed by atoms with E-state index in [0.29, 0.717) is 26.1 Å². The summed E-state index contributed by atoms with van der Waals surface area (Å²) in [6, 6.07) is 18.1. The average Bonchev–Trinajstić information content (AvgIpc) is 3.10. The molecule has 1 saturated heterocycles. The molecule has 1 aliphatic carbocycles. The van der Waals surface area contributed by atoms with Crippen molar-refractivity contribution in [2.75, 3.05) is 26.2 Å². The van der Waals surface area contributed by atoms with Crippen LogP contribution in [0.1, 0.15) is 61.7 Å². The summed E-state index contributed by atoms with van der Waals surface area (Å²) < 4.78 is 0. The van der Waals surface area contributed by atoms with Gasteiger partial charge in [0.25, 0.3) is 5.91 Å². The maximum atomic E-state index is 13.0. The molecule has 0 N–H and O–H groups in total. The lowest BCUT2D eigenvalue weighted by molar-refractivity contribution is -0.131. The van der Waals surface area contributed by atoms with Crippen molar-refractivity contribution in [2.24, 2.45) is 5.92 Å². The van der Waals surface area contributed by atoms with Gasteiger partial charge in [-0.1, -0.05) is 74.6 Å². The quantitative estimate of drug-likeness (QED) is 0.653. The lowest BCUT2D eigenvalue weighted by Gasteiger charge is -2.24. The molecule has 2 aliphatic rings. The molecule has 0 spiro atoms. The molecule has 2 fully saturated rings. The number of carbonyl (C=O) groups excluding carboxylic acids is 2. The van der Waals surface area contributed by atoms with Gasteiger partial charge in [0.1, 0.15) is 0 Å². The Morgan fingerprint density at radius 2 is 1.35 bits per heavy atom. The summed E-state index contributed by atoms with van der Waals surface area (Å²) in [5.74, 6) is 1.07. The van der Waals surface area contributed by atoms with E-state index in [1.807, 2.05) is 52.3 Å². The van der Waals surface area contributed by atoms with Crippen molar-refractivity contribution in [3.05, 3.63) is 60.2 Å². The van der Waals surface area contributed by atoms with Crippen molar-refractivity contribution in [3.8, 4) is 11.1 Å². The Labute approximate surface area is 186 Å². The van der Waals surface area contributed by atoms with Crippen LogP contribution in [-0.4, -0.2) is 47.8 Å². The van der Waals surface area contributed by atoms with E-state index in [2.05, 4.69) is 12.1 Å². The van der Waals surface area contributed by atoms with Gasteiger partial charge in [-0.3, -0.25) is 9.59 Å². The Bertz CT molecular complexity index is 857. The third-order valence-electron chi connectivity index (χ3n) is 6.87. The highest BCUT2D eigenvalue weighted by atomic mass is 16.2. The van der Waals surface area contributed by atoms with Gasteiger partial charge in [0.05, 0.1) is 0 Å². The second-order valence-corrected chi connectivity index (χ2v) is 9.01. The number of benzene rings is 2. The molecule has 1 heterocycles. The van der Waals surface area contributed by atoms with Gasteiger partial charge in [-0.25, -0.2) is 0 Å². The molecule has 164 valence electrons. The van der Waals surface area contributed by atoms with Gasteiger partial charge in [0.15, 0.2) is 0 Å². The summed E-state index contributed by atoms with van der Waals surface area (Å²) in [5, 5.41) is 0. The zero-order valence-electron chi connectivity index (χ0n) is 18.5. The fourth-order valence-corrected chi connectivity index (χ4v) is 4.95. The minimum Gasteiger partial charge on any atom is -0.341 e. The van der Waals surface area contributed by atoms with Crippen molar-refractivity contribution >= 4 is 11.8 Å². The van der Waals surface area contributed by atoms with Gasteiger partial charge in [-0.05, 0) is 42.0 Å². The van der Waals surface area contributed by atoms with E-state index in [-0.39, 0.29) is 11.8 Å². The van der Waals surface area contributed by atoms with E-state index in [1.54, 1.807) is 0 Å². The Hall–Kier alpha value is -2.62. The monoisotopic (exact) mass is 418 g/mol. The van der Waals surface area contributed by atoms with Crippen molar-refractivity contribution in [3.63, 3.8) is 0 Å². The minimum absolute atomic E-state index is 0.0658. The van der Waals surface area contributed by atoms with Gasteiger partial charge >= 0.3 is 0 Å². The normalized spacial score (nSPS) is 17.9. The predicted octanol–water partition coefficient (Wildman–Crippen LogP) is 5.39. The molecule has 2 aromatic carbocycles. The summed E-state index contributed by atoms with van der Waals surface area (Å²) in [4.78, 5) is 29.7. The van der Waals surface area contributed by atoms with E-state index >= 15 is 0 Å². The van der Waals surface area contributed by atoms with Crippen LogP contribution >= 0.6 is 0 Å². The Morgan fingerprint density at radius 1 is 0.710 bits per heavy atom. The Balaban J connectivity index is 1.29. The molecular formula is C27H34N2O2. The molecule has 0 bridgehead atoms. The highest BCUT2D eigenvalue weighted by Crippen LogP contribution is 2.27. The number of nitrogens with zero attached hydrogens (tertiary/aromatic N) is 2. The van der Waals surface area contributed by atoms with E-state index in [4.69, 9.17) is 0 Å². The molecule has 1 saturated carbocycles. The average molecular weight is 419 g/mol. The molecule has 0 aromatic heterocycles. The van der Waals surface area contributed by atoms with Gasteiger partial charge in [-0.2, -0.15) is 0 Å². The van der Waals surface area contributed by atoms with E-state index in [0.717, 1.165) is 42.0 Å². The molecule has 4 heteroatoms. The topological polar surface area (TPSA) is 40.6 Å². The van der Waals surface area contributed by atoms with Crippen LogP contribution in [0, 0.1) is 5.92 Å². The second kappa shape index (κ2) is 10.6. The summed E-state index contributed by atoms with van der Waals surface area (Å²) in [5.41, 5.74) is 2.98. The summed E-state index contributed by atoms with van der Waals surface area (Å²) in [7, 11) is 0. The van der Waals surface area contributed by atoms with Crippen LogP contribution in [0.25, 0.3) is 11.1 Å². The maximum Gasteiger partial charge on any atom is 0.253 e. The van der Waals surface area contributed by atoms with E-state index in [9.17, 15) is 9.59 Å². The lowest BCUT2D eigenvalue weighted by atomic mass is 9.86. The maximum absolute atomic E-state index is 13.0. The Morgan fingerprint density at radius 3 is 2.10 bits per heavy atom. The molecule has 0 atom stereocenters. The third-order valence-corrected chi connectivity index (χ3v) is 6.87. The SMILES string of the molecule is O=C(CCC1CCCCC1)N1CCCN(C(=O)c2ccc(-c3ccccc3)cc2)CC1. The summed E-state index contributed by atoms with van der Waals surface area (Å²) in [6.07, 6.45) is 9.14. The molecule has 2 amide bonds. The largest absolute Gasteiger partial charge is 0.341 e. The van der Waals surface area contributed by atoms with Crippen LogP contribution in [0.15, 0.2) is 54.6 Å². The second-order valence-electron chi connectivity index (χ2n) is 9.01. The van der Waals surface area contributed by atoms with Crippen LogP contribution in [0.2, 0.25) is 0 Å². The van der Waals surface area contributed by atoms with Crippen molar-refractivity contribution in [2.45, 2.75) is 51.4 Å².